The second-order valence-electron chi connectivity index (χ2n) is 5.88. The number of nitrogens with zero attached hydrogens (tertiary/aromatic N) is 2. The Balaban J connectivity index is 1.71. The van der Waals surface area contributed by atoms with Crippen molar-refractivity contribution < 1.29 is 18.4 Å². The molecule has 3 aromatic rings. The largest absolute Gasteiger partial charge is 0.318 e. The highest BCUT2D eigenvalue weighted by Gasteiger charge is 2.17. The number of hydrogen-bond acceptors (Lipinski definition) is 3. The van der Waals surface area contributed by atoms with Crippen LogP contribution < -0.4 is 10.6 Å². The monoisotopic (exact) mass is 370 g/mol. The van der Waals surface area contributed by atoms with Gasteiger partial charge in [0.15, 0.2) is 0 Å². The predicted molar refractivity (Wildman–Crippen MR) is 96.1 cm³/mol. The van der Waals surface area contributed by atoms with Gasteiger partial charge in [0.25, 0.3) is 0 Å². The minimum atomic E-state index is -1.05. The number of nitrogens with one attached hydrogen (secondary N) is 2. The summed E-state index contributed by atoms with van der Waals surface area (Å²) in [4.78, 5) is 24.2. The summed E-state index contributed by atoms with van der Waals surface area (Å²) in [5.74, 6) is -3.41. The van der Waals surface area contributed by atoms with Crippen LogP contribution in [0.25, 0.3) is 0 Å². The molecule has 0 aliphatic carbocycles. The van der Waals surface area contributed by atoms with Gasteiger partial charge in [0.1, 0.15) is 17.5 Å². The van der Waals surface area contributed by atoms with Crippen molar-refractivity contribution in [3.8, 4) is 0 Å². The molecule has 2 amide bonds. The van der Waals surface area contributed by atoms with Crippen molar-refractivity contribution in [1.82, 2.24) is 9.78 Å². The summed E-state index contributed by atoms with van der Waals surface area (Å²) in [7, 11) is 0. The molecule has 6 nitrogen and oxygen atoms in total. The van der Waals surface area contributed by atoms with E-state index in [0.29, 0.717) is 24.1 Å². The molecule has 0 saturated heterocycles. The lowest BCUT2D eigenvalue weighted by Gasteiger charge is -2.09. The molecule has 27 heavy (non-hydrogen) atoms. The van der Waals surface area contributed by atoms with Crippen LogP contribution in [-0.4, -0.2) is 21.6 Å². The van der Waals surface area contributed by atoms with Crippen molar-refractivity contribution in [2.24, 2.45) is 0 Å². The normalized spacial score (nSPS) is 10.5. The van der Waals surface area contributed by atoms with E-state index in [1.54, 1.807) is 17.7 Å². The highest BCUT2D eigenvalue weighted by Crippen LogP contribution is 2.15. The molecule has 0 fully saturated rings. The van der Waals surface area contributed by atoms with Gasteiger partial charge in [-0.15, -0.1) is 0 Å². The molecule has 2 aromatic carbocycles. The van der Waals surface area contributed by atoms with E-state index in [9.17, 15) is 18.4 Å². The van der Waals surface area contributed by atoms with E-state index >= 15 is 0 Å². The number of hydrogen-bond donors (Lipinski definition) is 2. The van der Waals surface area contributed by atoms with Crippen molar-refractivity contribution in [2.45, 2.75) is 13.5 Å². The second kappa shape index (κ2) is 7.77. The summed E-state index contributed by atoms with van der Waals surface area (Å²) in [6, 6.07) is 13.6. The third kappa shape index (κ3) is 4.75. The highest BCUT2D eigenvalue weighted by molar-refractivity contribution is 6.43. The quantitative estimate of drug-likeness (QED) is 0.693. The number of carbonyl (C=O) groups is 2. The van der Waals surface area contributed by atoms with Crippen LogP contribution >= 0.6 is 0 Å². The molecule has 0 atom stereocenters. The Morgan fingerprint density at radius 3 is 2.26 bits per heavy atom. The van der Waals surface area contributed by atoms with Crippen LogP contribution in [0.3, 0.4) is 0 Å². The van der Waals surface area contributed by atoms with E-state index in [1.807, 2.05) is 30.3 Å². The van der Waals surface area contributed by atoms with Crippen molar-refractivity contribution in [3.63, 3.8) is 0 Å². The maximum atomic E-state index is 13.2. The SMILES string of the molecule is Cc1cc(NC(=O)C(=O)Nc2cc(F)cc(F)c2)n(Cc2ccccc2)n1. The number of carbonyl (C=O) groups excluding carboxylic acids is 2. The molecule has 1 heterocycles. The molecule has 0 radical (unpaired) electrons. The first-order valence-corrected chi connectivity index (χ1v) is 8.07. The van der Waals surface area contributed by atoms with E-state index in [0.717, 1.165) is 17.7 Å². The molecule has 0 spiro atoms. The average molecular weight is 370 g/mol. The lowest BCUT2D eigenvalue weighted by Crippen LogP contribution is -2.30. The zero-order valence-corrected chi connectivity index (χ0v) is 14.4. The van der Waals surface area contributed by atoms with E-state index in [4.69, 9.17) is 0 Å². The van der Waals surface area contributed by atoms with E-state index < -0.39 is 23.4 Å². The van der Waals surface area contributed by atoms with Crippen molar-refractivity contribution in [2.75, 3.05) is 10.6 Å². The van der Waals surface area contributed by atoms with Gasteiger partial charge in [-0.3, -0.25) is 9.59 Å². The van der Waals surface area contributed by atoms with Crippen LogP contribution in [0.4, 0.5) is 20.3 Å². The number of anilines is 2. The van der Waals surface area contributed by atoms with Gasteiger partial charge in [-0.2, -0.15) is 5.10 Å². The van der Waals surface area contributed by atoms with Crippen LogP contribution in [0.1, 0.15) is 11.3 Å². The molecule has 8 heteroatoms. The summed E-state index contributed by atoms with van der Waals surface area (Å²) in [6.07, 6.45) is 0. The van der Waals surface area contributed by atoms with Gasteiger partial charge in [-0.05, 0) is 24.6 Å². The fraction of sp³-hybridized carbons (Fsp3) is 0.105. The number of halogens is 2. The smallest absolute Gasteiger partial charge is 0.315 e. The Kier molecular flexibility index (Phi) is 5.25. The lowest BCUT2D eigenvalue weighted by atomic mass is 10.2. The number of aromatic nitrogens is 2. The molecule has 0 saturated carbocycles. The third-order valence-corrected chi connectivity index (χ3v) is 3.65. The molecule has 0 bridgehead atoms. The third-order valence-electron chi connectivity index (χ3n) is 3.65. The lowest BCUT2D eigenvalue weighted by molar-refractivity contribution is -0.133. The van der Waals surface area contributed by atoms with Crippen molar-refractivity contribution in [1.29, 1.82) is 0 Å². The molecule has 0 unspecified atom stereocenters. The molecule has 0 aliphatic heterocycles. The van der Waals surface area contributed by atoms with Crippen LogP contribution in [0.2, 0.25) is 0 Å². The van der Waals surface area contributed by atoms with E-state index in [1.165, 1.54) is 0 Å². The van der Waals surface area contributed by atoms with E-state index in [-0.39, 0.29) is 5.69 Å². The minimum absolute atomic E-state index is 0.151. The van der Waals surface area contributed by atoms with Crippen LogP contribution in [-0.2, 0) is 16.1 Å². The van der Waals surface area contributed by atoms with Crippen LogP contribution in [0, 0.1) is 18.6 Å². The summed E-state index contributed by atoms with van der Waals surface area (Å²) in [5.41, 5.74) is 1.48. The average Bonchev–Trinajstić information content (AvgIpc) is 2.93. The fourth-order valence-corrected chi connectivity index (χ4v) is 2.51. The number of rotatable bonds is 4. The second-order valence-corrected chi connectivity index (χ2v) is 5.88. The Morgan fingerprint density at radius 1 is 0.963 bits per heavy atom. The van der Waals surface area contributed by atoms with Gasteiger partial charge in [0, 0.05) is 17.8 Å². The van der Waals surface area contributed by atoms with Crippen molar-refractivity contribution in [3.05, 3.63) is 77.5 Å². The van der Waals surface area contributed by atoms with Gasteiger partial charge >= 0.3 is 11.8 Å². The van der Waals surface area contributed by atoms with Gasteiger partial charge < -0.3 is 10.6 Å². The molecule has 0 aliphatic rings. The van der Waals surface area contributed by atoms with Gasteiger partial charge in [-0.1, -0.05) is 30.3 Å². The van der Waals surface area contributed by atoms with Gasteiger partial charge in [0.2, 0.25) is 0 Å². The maximum absolute atomic E-state index is 13.2. The number of aryl methyl sites for hydroxylation is 1. The maximum Gasteiger partial charge on any atom is 0.315 e. The first kappa shape index (κ1) is 18.2. The molecular formula is C19H16F2N4O2. The Labute approximate surface area is 153 Å². The summed E-state index contributed by atoms with van der Waals surface area (Å²) >= 11 is 0. The van der Waals surface area contributed by atoms with Gasteiger partial charge in [-0.25, -0.2) is 13.5 Å². The highest BCUT2D eigenvalue weighted by atomic mass is 19.1. The molecular weight excluding hydrogens is 354 g/mol. The Hall–Kier alpha value is -3.55. The standard InChI is InChI=1S/C19H16F2N4O2/c1-12-7-17(25(24-12)11-13-5-3-2-4-6-13)23-19(27)18(26)22-16-9-14(20)8-15(21)10-16/h2-10H,11H2,1H3,(H,22,26)(H,23,27). The molecule has 3 rings (SSSR count). The minimum Gasteiger partial charge on any atom is -0.318 e. The van der Waals surface area contributed by atoms with Gasteiger partial charge in [0.05, 0.1) is 12.2 Å². The Bertz CT molecular complexity index is 966. The zero-order chi connectivity index (χ0) is 19.4. The first-order valence-electron chi connectivity index (χ1n) is 8.07. The number of amides is 2. The van der Waals surface area contributed by atoms with Crippen LogP contribution in [0.15, 0.2) is 54.6 Å². The zero-order valence-electron chi connectivity index (χ0n) is 14.4. The fourth-order valence-electron chi connectivity index (χ4n) is 2.51. The molecule has 2 N–H and O–H groups in total. The number of benzene rings is 2. The first-order chi connectivity index (χ1) is 12.9. The predicted octanol–water partition coefficient (Wildman–Crippen LogP) is 3.10. The van der Waals surface area contributed by atoms with Crippen molar-refractivity contribution >= 4 is 23.3 Å². The Morgan fingerprint density at radius 2 is 1.59 bits per heavy atom. The van der Waals surface area contributed by atoms with E-state index in [2.05, 4.69) is 15.7 Å². The summed E-state index contributed by atoms with van der Waals surface area (Å²) < 4.78 is 27.9. The summed E-state index contributed by atoms with van der Waals surface area (Å²) in [5, 5.41) is 8.92. The molecule has 138 valence electrons. The topological polar surface area (TPSA) is 76.0 Å². The summed E-state index contributed by atoms with van der Waals surface area (Å²) in [6.45, 7) is 2.16. The van der Waals surface area contributed by atoms with Crippen LogP contribution in [0.5, 0.6) is 0 Å². The molecule has 1 aromatic heterocycles.